The van der Waals surface area contributed by atoms with Crippen molar-refractivity contribution in [3.05, 3.63) is 24.5 Å². The van der Waals surface area contributed by atoms with Crippen molar-refractivity contribution in [1.29, 1.82) is 0 Å². The molecular weight excluding hydrogens is 242 g/mol. The van der Waals surface area contributed by atoms with E-state index >= 15 is 0 Å². The van der Waals surface area contributed by atoms with Gasteiger partial charge in [-0.05, 0) is 25.8 Å². The highest BCUT2D eigenvalue weighted by Gasteiger charge is 2.15. The second-order valence-corrected chi connectivity index (χ2v) is 4.79. The summed E-state index contributed by atoms with van der Waals surface area (Å²) in [4.78, 5) is 12.5. The van der Waals surface area contributed by atoms with Crippen LogP contribution < -0.4 is 5.32 Å². The quantitative estimate of drug-likeness (QED) is 0.898. The van der Waals surface area contributed by atoms with Gasteiger partial charge in [0.15, 0.2) is 0 Å². The zero-order chi connectivity index (χ0) is 12.9. The molecule has 0 amide bonds. The van der Waals surface area contributed by atoms with Crippen LogP contribution in [0.15, 0.2) is 23.1 Å². The molecule has 1 fully saturated rings. The Balaban J connectivity index is 1.59. The fourth-order valence-corrected chi connectivity index (χ4v) is 2.34. The van der Waals surface area contributed by atoms with Gasteiger partial charge in [-0.3, -0.25) is 4.98 Å². The maximum absolute atomic E-state index is 5.25. The fourth-order valence-electron chi connectivity index (χ4n) is 2.34. The minimum atomic E-state index is 0.514. The molecule has 0 spiro atoms. The van der Waals surface area contributed by atoms with Gasteiger partial charge in [0.05, 0.1) is 6.20 Å². The SMILES string of the molecule is c1cnc(-c2noc(CCC3CCCCN3)n2)cn1. The van der Waals surface area contributed by atoms with Gasteiger partial charge in [-0.15, -0.1) is 0 Å². The summed E-state index contributed by atoms with van der Waals surface area (Å²) < 4.78 is 5.25. The zero-order valence-corrected chi connectivity index (χ0v) is 10.7. The van der Waals surface area contributed by atoms with Gasteiger partial charge in [0, 0.05) is 24.9 Å². The molecule has 1 unspecified atom stereocenters. The summed E-state index contributed by atoms with van der Waals surface area (Å²) in [5, 5.41) is 7.46. The summed E-state index contributed by atoms with van der Waals surface area (Å²) in [6.45, 7) is 1.12. The molecule has 1 aliphatic heterocycles. The van der Waals surface area contributed by atoms with Crippen LogP contribution >= 0.6 is 0 Å². The van der Waals surface area contributed by atoms with Crippen molar-refractivity contribution in [3.8, 4) is 11.5 Å². The minimum absolute atomic E-state index is 0.514. The van der Waals surface area contributed by atoms with Crippen molar-refractivity contribution < 1.29 is 4.52 Å². The van der Waals surface area contributed by atoms with Crippen molar-refractivity contribution in [2.75, 3.05) is 6.54 Å². The number of nitrogens with zero attached hydrogens (tertiary/aromatic N) is 4. The van der Waals surface area contributed by atoms with E-state index in [1.807, 2.05) is 0 Å². The molecule has 0 aromatic carbocycles. The standard InChI is InChI=1S/C13H17N5O/c1-2-6-15-10(3-1)4-5-12-17-13(18-19-12)11-9-14-7-8-16-11/h7-10,15H,1-6H2. The second-order valence-electron chi connectivity index (χ2n) is 4.79. The lowest BCUT2D eigenvalue weighted by Crippen LogP contribution is -2.34. The van der Waals surface area contributed by atoms with E-state index in [2.05, 4.69) is 25.4 Å². The Morgan fingerprint density at radius 1 is 1.32 bits per heavy atom. The maximum atomic E-state index is 5.25. The Bertz CT molecular complexity index is 507. The predicted molar refractivity (Wildman–Crippen MR) is 69.3 cm³/mol. The third-order valence-electron chi connectivity index (χ3n) is 3.38. The van der Waals surface area contributed by atoms with E-state index in [4.69, 9.17) is 4.52 Å². The molecule has 1 saturated heterocycles. The van der Waals surface area contributed by atoms with Gasteiger partial charge in [-0.1, -0.05) is 11.6 Å². The molecular formula is C13H17N5O. The summed E-state index contributed by atoms with van der Waals surface area (Å²) >= 11 is 0. The fraction of sp³-hybridized carbons (Fsp3) is 0.538. The molecule has 2 aromatic rings. The first kappa shape index (κ1) is 12.2. The molecule has 0 saturated carbocycles. The van der Waals surface area contributed by atoms with E-state index in [9.17, 15) is 0 Å². The Morgan fingerprint density at radius 3 is 3.11 bits per heavy atom. The summed E-state index contributed by atoms with van der Waals surface area (Å²) in [6, 6.07) is 0.584. The Kier molecular flexibility index (Phi) is 3.78. The summed E-state index contributed by atoms with van der Waals surface area (Å²) in [5.74, 6) is 1.19. The third kappa shape index (κ3) is 3.14. The lowest BCUT2D eigenvalue weighted by Gasteiger charge is -2.22. The number of hydrogen-bond donors (Lipinski definition) is 1. The van der Waals surface area contributed by atoms with Crippen LogP contribution in [0, 0.1) is 0 Å². The summed E-state index contributed by atoms with van der Waals surface area (Å²) in [7, 11) is 0. The van der Waals surface area contributed by atoms with Gasteiger partial charge in [-0.2, -0.15) is 4.98 Å². The van der Waals surface area contributed by atoms with E-state index in [1.54, 1.807) is 18.6 Å². The lowest BCUT2D eigenvalue weighted by atomic mass is 10.0. The molecule has 1 N–H and O–H groups in total. The molecule has 1 aliphatic rings. The Morgan fingerprint density at radius 2 is 2.32 bits per heavy atom. The molecule has 100 valence electrons. The van der Waals surface area contributed by atoms with Crippen LogP contribution in [0.3, 0.4) is 0 Å². The molecule has 6 heteroatoms. The highest BCUT2D eigenvalue weighted by atomic mass is 16.5. The first-order valence-corrected chi connectivity index (χ1v) is 6.74. The number of aryl methyl sites for hydroxylation is 1. The van der Waals surface area contributed by atoms with E-state index < -0.39 is 0 Å². The van der Waals surface area contributed by atoms with Crippen LogP contribution in [-0.4, -0.2) is 32.7 Å². The number of nitrogens with one attached hydrogen (secondary N) is 1. The van der Waals surface area contributed by atoms with Crippen molar-refractivity contribution in [3.63, 3.8) is 0 Å². The smallest absolute Gasteiger partial charge is 0.227 e. The Labute approximate surface area is 111 Å². The molecule has 1 atom stereocenters. The molecule has 19 heavy (non-hydrogen) atoms. The first-order chi connectivity index (χ1) is 9.42. The van der Waals surface area contributed by atoms with E-state index in [-0.39, 0.29) is 0 Å². The first-order valence-electron chi connectivity index (χ1n) is 6.74. The monoisotopic (exact) mass is 259 g/mol. The highest BCUT2D eigenvalue weighted by molar-refractivity contribution is 5.45. The molecule has 0 radical (unpaired) electrons. The third-order valence-corrected chi connectivity index (χ3v) is 3.38. The Hall–Kier alpha value is -1.82. The molecule has 3 rings (SSSR count). The molecule has 3 heterocycles. The van der Waals surface area contributed by atoms with Crippen LogP contribution in [0.25, 0.3) is 11.5 Å². The van der Waals surface area contributed by atoms with Crippen LogP contribution in [-0.2, 0) is 6.42 Å². The molecule has 0 bridgehead atoms. The van der Waals surface area contributed by atoms with Crippen molar-refractivity contribution in [1.82, 2.24) is 25.4 Å². The van der Waals surface area contributed by atoms with Crippen molar-refractivity contribution in [2.45, 2.75) is 38.1 Å². The van der Waals surface area contributed by atoms with E-state index in [1.165, 1.54) is 19.3 Å². The second kappa shape index (κ2) is 5.88. The van der Waals surface area contributed by atoms with Crippen LogP contribution in [0.2, 0.25) is 0 Å². The van der Waals surface area contributed by atoms with Gasteiger partial charge in [-0.25, -0.2) is 4.98 Å². The van der Waals surface area contributed by atoms with E-state index in [0.29, 0.717) is 23.5 Å². The van der Waals surface area contributed by atoms with Crippen LogP contribution in [0.1, 0.15) is 31.6 Å². The molecule has 0 aliphatic carbocycles. The normalized spacial score (nSPS) is 19.5. The number of aromatic nitrogens is 4. The number of hydrogen-bond acceptors (Lipinski definition) is 6. The summed E-state index contributed by atoms with van der Waals surface area (Å²) in [5.41, 5.74) is 0.647. The van der Waals surface area contributed by atoms with Gasteiger partial charge in [0.2, 0.25) is 11.7 Å². The average molecular weight is 259 g/mol. The lowest BCUT2D eigenvalue weighted by molar-refractivity contribution is 0.342. The van der Waals surface area contributed by atoms with Crippen LogP contribution in [0.4, 0.5) is 0 Å². The summed E-state index contributed by atoms with van der Waals surface area (Å²) in [6.07, 6.45) is 10.6. The number of piperidine rings is 1. The van der Waals surface area contributed by atoms with Gasteiger partial charge >= 0.3 is 0 Å². The van der Waals surface area contributed by atoms with Crippen molar-refractivity contribution in [2.24, 2.45) is 0 Å². The zero-order valence-electron chi connectivity index (χ0n) is 10.7. The average Bonchev–Trinajstić information content (AvgIpc) is 2.96. The van der Waals surface area contributed by atoms with Gasteiger partial charge in [0.1, 0.15) is 5.69 Å². The highest BCUT2D eigenvalue weighted by Crippen LogP contribution is 2.15. The molecule has 2 aromatic heterocycles. The number of rotatable bonds is 4. The topological polar surface area (TPSA) is 76.7 Å². The van der Waals surface area contributed by atoms with Gasteiger partial charge < -0.3 is 9.84 Å². The predicted octanol–water partition coefficient (Wildman–Crippen LogP) is 1.60. The molecule has 6 nitrogen and oxygen atoms in total. The van der Waals surface area contributed by atoms with E-state index in [0.717, 1.165) is 19.4 Å². The minimum Gasteiger partial charge on any atom is -0.339 e. The van der Waals surface area contributed by atoms with Gasteiger partial charge in [0.25, 0.3) is 0 Å². The van der Waals surface area contributed by atoms with Crippen LogP contribution in [0.5, 0.6) is 0 Å². The largest absolute Gasteiger partial charge is 0.339 e. The maximum Gasteiger partial charge on any atom is 0.227 e. The van der Waals surface area contributed by atoms with Crippen molar-refractivity contribution >= 4 is 0 Å².